The van der Waals surface area contributed by atoms with Crippen LogP contribution in [0, 0.1) is 5.92 Å². The van der Waals surface area contributed by atoms with Crippen molar-refractivity contribution >= 4 is 29.1 Å². The molecule has 0 saturated carbocycles. The first kappa shape index (κ1) is 14.4. The lowest BCUT2D eigenvalue weighted by atomic mass is 10.1. The first-order chi connectivity index (χ1) is 10.1. The van der Waals surface area contributed by atoms with Crippen molar-refractivity contribution in [1.82, 2.24) is 4.90 Å². The highest BCUT2D eigenvalue weighted by molar-refractivity contribution is 6.30. The number of rotatable bonds is 2. The lowest BCUT2D eigenvalue weighted by molar-refractivity contribution is -0.139. The number of halogens is 1. The van der Waals surface area contributed by atoms with E-state index in [-0.39, 0.29) is 11.8 Å². The molecular formula is C15H17ClN2O3. The van der Waals surface area contributed by atoms with E-state index in [1.54, 1.807) is 34.1 Å². The highest BCUT2D eigenvalue weighted by Crippen LogP contribution is 2.28. The van der Waals surface area contributed by atoms with Crippen LogP contribution in [0.15, 0.2) is 24.3 Å². The van der Waals surface area contributed by atoms with Gasteiger partial charge in [-0.2, -0.15) is 0 Å². The fourth-order valence-electron chi connectivity index (χ4n) is 2.95. The van der Waals surface area contributed by atoms with Crippen molar-refractivity contribution in [1.29, 1.82) is 0 Å². The Morgan fingerprint density at radius 3 is 2.52 bits per heavy atom. The van der Waals surface area contributed by atoms with E-state index in [2.05, 4.69) is 0 Å². The van der Waals surface area contributed by atoms with E-state index in [0.29, 0.717) is 37.5 Å². The predicted molar refractivity (Wildman–Crippen MR) is 79.1 cm³/mol. The van der Waals surface area contributed by atoms with Gasteiger partial charge < -0.3 is 14.9 Å². The molecular weight excluding hydrogens is 292 g/mol. The van der Waals surface area contributed by atoms with Gasteiger partial charge in [0.25, 0.3) is 0 Å². The molecule has 0 spiro atoms. The van der Waals surface area contributed by atoms with Gasteiger partial charge in [0.1, 0.15) is 5.92 Å². The smallest absolute Gasteiger partial charge is 0.239 e. The second kappa shape index (κ2) is 5.66. The highest BCUT2D eigenvalue weighted by Gasteiger charge is 2.41. The average Bonchev–Trinajstić information content (AvgIpc) is 3.06. The second-order valence-corrected chi connectivity index (χ2v) is 5.97. The molecule has 2 aliphatic rings. The van der Waals surface area contributed by atoms with Crippen LogP contribution >= 0.6 is 11.6 Å². The zero-order chi connectivity index (χ0) is 15.0. The first-order valence-corrected chi connectivity index (χ1v) is 7.48. The molecule has 112 valence electrons. The summed E-state index contributed by atoms with van der Waals surface area (Å²) in [5, 5.41) is 10.1. The van der Waals surface area contributed by atoms with Gasteiger partial charge in [-0.3, -0.25) is 9.59 Å². The molecule has 2 saturated heterocycles. The van der Waals surface area contributed by atoms with Crippen LogP contribution in [0.25, 0.3) is 0 Å². The van der Waals surface area contributed by atoms with Crippen molar-refractivity contribution in [2.24, 2.45) is 5.92 Å². The van der Waals surface area contributed by atoms with E-state index in [9.17, 15) is 14.7 Å². The number of likely N-dealkylation sites (tertiary alicyclic amines) is 1. The molecule has 0 aromatic heterocycles. The number of anilines is 1. The third-order valence-corrected chi connectivity index (χ3v) is 4.37. The van der Waals surface area contributed by atoms with Crippen LogP contribution in [0.4, 0.5) is 5.69 Å². The molecule has 1 unspecified atom stereocenters. The molecule has 6 heteroatoms. The molecule has 2 aliphatic heterocycles. The number of carbonyl (C=O) groups is 2. The highest BCUT2D eigenvalue weighted by atomic mass is 35.5. The van der Waals surface area contributed by atoms with E-state index < -0.39 is 12.0 Å². The maximum Gasteiger partial charge on any atom is 0.239 e. The van der Waals surface area contributed by atoms with Gasteiger partial charge in [-0.25, -0.2) is 0 Å². The number of hydrogen-bond donors (Lipinski definition) is 1. The van der Waals surface area contributed by atoms with Crippen molar-refractivity contribution in [3.8, 4) is 0 Å². The normalized spacial score (nSPS) is 25.7. The summed E-state index contributed by atoms with van der Waals surface area (Å²) in [6.07, 6.45) is 0.651. The zero-order valence-corrected chi connectivity index (χ0v) is 12.3. The van der Waals surface area contributed by atoms with Gasteiger partial charge in [0.15, 0.2) is 0 Å². The summed E-state index contributed by atoms with van der Waals surface area (Å²) in [7, 11) is 0. The van der Waals surface area contributed by atoms with Crippen molar-refractivity contribution in [3.05, 3.63) is 29.3 Å². The van der Waals surface area contributed by atoms with Crippen molar-refractivity contribution in [2.75, 3.05) is 24.5 Å². The maximum absolute atomic E-state index is 12.5. The standard InChI is InChI=1S/C15H17ClN2O3/c16-10-1-3-11(4-2-10)18-8-6-13(15(18)21)14(20)17-7-5-12(19)9-17/h1-4,12-13,19H,5-9H2/t12-,13?/m0/s1. The minimum absolute atomic E-state index is 0.159. The van der Waals surface area contributed by atoms with Crippen LogP contribution in [0.2, 0.25) is 5.02 Å². The Kier molecular flexibility index (Phi) is 3.87. The Balaban J connectivity index is 1.71. The number of hydrogen-bond acceptors (Lipinski definition) is 3. The first-order valence-electron chi connectivity index (χ1n) is 7.10. The number of aliphatic hydroxyl groups is 1. The Morgan fingerprint density at radius 2 is 1.90 bits per heavy atom. The molecule has 2 atom stereocenters. The Morgan fingerprint density at radius 1 is 1.19 bits per heavy atom. The van der Waals surface area contributed by atoms with E-state index in [4.69, 9.17) is 11.6 Å². The van der Waals surface area contributed by atoms with Crippen LogP contribution in [-0.4, -0.2) is 47.6 Å². The maximum atomic E-state index is 12.5. The summed E-state index contributed by atoms with van der Waals surface area (Å²) < 4.78 is 0. The molecule has 0 aliphatic carbocycles. The fourth-order valence-corrected chi connectivity index (χ4v) is 3.07. The molecule has 21 heavy (non-hydrogen) atoms. The fraction of sp³-hybridized carbons (Fsp3) is 0.467. The SMILES string of the molecule is O=C(C1CCN(c2ccc(Cl)cc2)C1=O)N1CC[C@H](O)C1. The number of aliphatic hydroxyl groups excluding tert-OH is 1. The summed E-state index contributed by atoms with van der Waals surface area (Å²) in [5.41, 5.74) is 0.765. The molecule has 0 radical (unpaired) electrons. The minimum atomic E-state index is -0.619. The Labute approximate surface area is 128 Å². The summed E-state index contributed by atoms with van der Waals surface area (Å²) >= 11 is 5.85. The van der Waals surface area contributed by atoms with Gasteiger partial charge in [-0.05, 0) is 37.1 Å². The molecule has 3 rings (SSSR count). The molecule has 1 aromatic rings. The van der Waals surface area contributed by atoms with Crippen molar-refractivity contribution in [3.63, 3.8) is 0 Å². The van der Waals surface area contributed by atoms with Gasteiger partial charge in [-0.1, -0.05) is 11.6 Å². The van der Waals surface area contributed by atoms with Crippen LogP contribution in [0.5, 0.6) is 0 Å². The Hall–Kier alpha value is -1.59. The number of amides is 2. The number of nitrogens with zero attached hydrogens (tertiary/aromatic N) is 2. The Bertz CT molecular complexity index is 561. The third-order valence-electron chi connectivity index (χ3n) is 4.12. The van der Waals surface area contributed by atoms with Gasteiger partial charge in [0, 0.05) is 30.3 Å². The molecule has 2 amide bonds. The molecule has 1 N–H and O–H groups in total. The van der Waals surface area contributed by atoms with Crippen LogP contribution in [-0.2, 0) is 9.59 Å². The van der Waals surface area contributed by atoms with E-state index in [0.717, 1.165) is 5.69 Å². The molecule has 1 aromatic carbocycles. The summed E-state index contributed by atoms with van der Waals surface area (Å²) in [4.78, 5) is 28.1. The van der Waals surface area contributed by atoms with Crippen LogP contribution < -0.4 is 4.90 Å². The van der Waals surface area contributed by atoms with Crippen LogP contribution in [0.1, 0.15) is 12.8 Å². The summed E-state index contributed by atoms with van der Waals surface area (Å²) in [5.74, 6) is -0.942. The van der Waals surface area contributed by atoms with E-state index in [1.165, 1.54) is 0 Å². The van der Waals surface area contributed by atoms with Crippen molar-refractivity contribution in [2.45, 2.75) is 18.9 Å². The second-order valence-electron chi connectivity index (χ2n) is 5.53. The molecule has 0 bridgehead atoms. The zero-order valence-electron chi connectivity index (χ0n) is 11.5. The largest absolute Gasteiger partial charge is 0.391 e. The monoisotopic (exact) mass is 308 g/mol. The predicted octanol–water partition coefficient (Wildman–Crippen LogP) is 1.29. The van der Waals surface area contributed by atoms with Gasteiger partial charge in [0.05, 0.1) is 6.10 Å². The molecule has 5 nitrogen and oxygen atoms in total. The third kappa shape index (κ3) is 2.76. The summed E-state index contributed by atoms with van der Waals surface area (Å²) in [6.45, 7) is 1.40. The number of carbonyl (C=O) groups excluding carboxylic acids is 2. The summed E-state index contributed by atoms with van der Waals surface area (Å²) in [6, 6.07) is 7.03. The number of benzene rings is 1. The number of β-amino-alcohol motifs (C(OH)–C–C–N with tert-alkyl or cyclic N) is 1. The quantitative estimate of drug-likeness (QED) is 0.837. The van der Waals surface area contributed by atoms with E-state index in [1.807, 2.05) is 0 Å². The minimum Gasteiger partial charge on any atom is -0.391 e. The average molecular weight is 309 g/mol. The molecule has 2 fully saturated rings. The molecule has 2 heterocycles. The van der Waals surface area contributed by atoms with Crippen LogP contribution in [0.3, 0.4) is 0 Å². The lowest BCUT2D eigenvalue weighted by Crippen LogP contribution is -2.39. The van der Waals surface area contributed by atoms with Gasteiger partial charge in [0.2, 0.25) is 11.8 Å². The van der Waals surface area contributed by atoms with E-state index >= 15 is 0 Å². The topological polar surface area (TPSA) is 60.9 Å². The van der Waals surface area contributed by atoms with Gasteiger partial charge in [-0.15, -0.1) is 0 Å². The van der Waals surface area contributed by atoms with Gasteiger partial charge >= 0.3 is 0 Å². The lowest BCUT2D eigenvalue weighted by Gasteiger charge is -2.20. The van der Waals surface area contributed by atoms with Crippen molar-refractivity contribution < 1.29 is 14.7 Å².